The van der Waals surface area contributed by atoms with Gasteiger partial charge in [-0.25, -0.2) is 0 Å². The summed E-state index contributed by atoms with van der Waals surface area (Å²) in [6.07, 6.45) is 3.59. The van der Waals surface area contributed by atoms with Crippen molar-refractivity contribution in [3.8, 4) is 0 Å². The van der Waals surface area contributed by atoms with Gasteiger partial charge >= 0.3 is 0 Å². The molecular formula is C15H19Cl2NO2. The molecule has 0 bridgehead atoms. The first-order valence-electron chi connectivity index (χ1n) is 6.97. The van der Waals surface area contributed by atoms with Gasteiger partial charge in [0.2, 0.25) is 5.91 Å². The SMILES string of the molecule is O=C(NCCCc1ccc(Cl)cc1Cl)C1CCCC1O. The number of amides is 1. The van der Waals surface area contributed by atoms with E-state index in [9.17, 15) is 9.90 Å². The Hall–Kier alpha value is -0.770. The van der Waals surface area contributed by atoms with E-state index in [1.807, 2.05) is 12.1 Å². The second kappa shape index (κ2) is 7.30. The first-order valence-corrected chi connectivity index (χ1v) is 7.73. The van der Waals surface area contributed by atoms with Crippen molar-refractivity contribution in [2.75, 3.05) is 6.54 Å². The number of carbonyl (C=O) groups excluding carboxylic acids is 1. The van der Waals surface area contributed by atoms with Gasteiger partial charge in [-0.2, -0.15) is 0 Å². The average Bonchev–Trinajstić information content (AvgIpc) is 2.83. The summed E-state index contributed by atoms with van der Waals surface area (Å²) in [5, 5.41) is 13.8. The Morgan fingerprint density at radius 1 is 1.35 bits per heavy atom. The number of aliphatic hydroxyl groups excluding tert-OH is 1. The Balaban J connectivity index is 1.72. The predicted molar refractivity (Wildman–Crippen MR) is 81.1 cm³/mol. The van der Waals surface area contributed by atoms with Crippen molar-refractivity contribution in [2.24, 2.45) is 5.92 Å². The molecule has 2 N–H and O–H groups in total. The maximum atomic E-state index is 11.9. The summed E-state index contributed by atoms with van der Waals surface area (Å²) in [4.78, 5) is 11.9. The zero-order valence-electron chi connectivity index (χ0n) is 11.2. The van der Waals surface area contributed by atoms with Crippen LogP contribution in [0.2, 0.25) is 10.0 Å². The molecule has 0 aromatic heterocycles. The Morgan fingerprint density at radius 3 is 2.80 bits per heavy atom. The molecule has 0 aliphatic heterocycles. The van der Waals surface area contributed by atoms with E-state index in [0.29, 0.717) is 16.6 Å². The molecule has 1 aromatic rings. The third-order valence-electron chi connectivity index (χ3n) is 3.75. The summed E-state index contributed by atoms with van der Waals surface area (Å²) in [5.41, 5.74) is 1.03. The van der Waals surface area contributed by atoms with Crippen LogP contribution < -0.4 is 5.32 Å². The second-order valence-corrected chi connectivity index (χ2v) is 6.08. The molecule has 110 valence electrons. The molecule has 3 nitrogen and oxygen atoms in total. The van der Waals surface area contributed by atoms with Crippen molar-refractivity contribution in [3.05, 3.63) is 33.8 Å². The van der Waals surface area contributed by atoms with E-state index in [4.69, 9.17) is 23.2 Å². The van der Waals surface area contributed by atoms with E-state index in [1.54, 1.807) is 6.07 Å². The molecule has 2 rings (SSSR count). The third-order valence-corrected chi connectivity index (χ3v) is 4.34. The van der Waals surface area contributed by atoms with Gasteiger partial charge < -0.3 is 10.4 Å². The van der Waals surface area contributed by atoms with Crippen LogP contribution in [0.25, 0.3) is 0 Å². The molecule has 2 unspecified atom stereocenters. The topological polar surface area (TPSA) is 49.3 Å². The maximum Gasteiger partial charge on any atom is 0.225 e. The standard InChI is InChI=1S/C15H19Cl2NO2/c16-11-7-6-10(13(17)9-11)3-2-8-18-15(20)12-4-1-5-14(12)19/h6-7,9,12,14,19H,1-5,8H2,(H,18,20). The summed E-state index contributed by atoms with van der Waals surface area (Å²) in [5.74, 6) is -0.258. The van der Waals surface area contributed by atoms with E-state index in [-0.39, 0.29) is 11.8 Å². The number of aliphatic hydroxyl groups is 1. The minimum absolute atomic E-state index is 0.0304. The summed E-state index contributed by atoms with van der Waals surface area (Å²) in [6.45, 7) is 0.598. The smallest absolute Gasteiger partial charge is 0.225 e. The number of benzene rings is 1. The molecule has 1 aliphatic carbocycles. The minimum Gasteiger partial charge on any atom is -0.392 e. The number of carbonyl (C=O) groups is 1. The van der Waals surface area contributed by atoms with Crippen LogP contribution in [0.15, 0.2) is 18.2 Å². The Bertz CT molecular complexity index is 479. The molecule has 0 radical (unpaired) electrons. The van der Waals surface area contributed by atoms with Gasteiger partial charge in [0.25, 0.3) is 0 Å². The lowest BCUT2D eigenvalue weighted by Crippen LogP contribution is -2.35. The number of aryl methyl sites for hydroxylation is 1. The molecule has 0 heterocycles. The zero-order chi connectivity index (χ0) is 14.5. The first-order chi connectivity index (χ1) is 9.58. The van der Waals surface area contributed by atoms with Gasteiger partial charge in [-0.05, 0) is 49.8 Å². The molecule has 20 heavy (non-hydrogen) atoms. The summed E-state index contributed by atoms with van der Waals surface area (Å²) < 4.78 is 0. The molecule has 0 saturated heterocycles. The van der Waals surface area contributed by atoms with Crippen molar-refractivity contribution < 1.29 is 9.90 Å². The first kappa shape index (κ1) is 15.6. The summed E-state index contributed by atoms with van der Waals surface area (Å²) in [7, 11) is 0. The summed E-state index contributed by atoms with van der Waals surface area (Å²) in [6, 6.07) is 5.45. The van der Waals surface area contributed by atoms with Crippen LogP contribution in [0.4, 0.5) is 0 Å². The van der Waals surface area contributed by atoms with Gasteiger partial charge in [0.05, 0.1) is 12.0 Å². The van der Waals surface area contributed by atoms with Gasteiger partial charge in [0.15, 0.2) is 0 Å². The van der Waals surface area contributed by atoms with E-state index in [2.05, 4.69) is 5.32 Å². The highest BCUT2D eigenvalue weighted by atomic mass is 35.5. The van der Waals surface area contributed by atoms with Crippen LogP contribution in [-0.2, 0) is 11.2 Å². The maximum absolute atomic E-state index is 11.9. The van der Waals surface area contributed by atoms with Crippen LogP contribution in [-0.4, -0.2) is 23.7 Å². The molecule has 2 atom stereocenters. The molecule has 1 fully saturated rings. The van der Waals surface area contributed by atoms with E-state index in [0.717, 1.165) is 37.7 Å². The Morgan fingerprint density at radius 2 is 2.15 bits per heavy atom. The van der Waals surface area contributed by atoms with Gasteiger partial charge in [-0.15, -0.1) is 0 Å². The average molecular weight is 316 g/mol. The number of rotatable bonds is 5. The minimum atomic E-state index is -0.472. The third kappa shape index (κ3) is 4.11. The van der Waals surface area contributed by atoms with Gasteiger partial charge in [-0.3, -0.25) is 4.79 Å². The zero-order valence-corrected chi connectivity index (χ0v) is 12.8. The number of hydrogen-bond donors (Lipinski definition) is 2. The van der Waals surface area contributed by atoms with Crippen molar-refractivity contribution in [1.82, 2.24) is 5.32 Å². The van der Waals surface area contributed by atoms with Gasteiger partial charge in [0.1, 0.15) is 0 Å². The van der Waals surface area contributed by atoms with Crippen molar-refractivity contribution in [2.45, 2.75) is 38.2 Å². The van der Waals surface area contributed by atoms with Crippen molar-refractivity contribution >= 4 is 29.1 Å². The quantitative estimate of drug-likeness (QED) is 0.820. The fourth-order valence-electron chi connectivity index (χ4n) is 2.59. The molecule has 1 amide bonds. The number of hydrogen-bond acceptors (Lipinski definition) is 2. The Labute approximate surface area is 129 Å². The van der Waals surface area contributed by atoms with Crippen molar-refractivity contribution in [1.29, 1.82) is 0 Å². The van der Waals surface area contributed by atoms with Crippen LogP contribution in [0.1, 0.15) is 31.2 Å². The molecular weight excluding hydrogens is 297 g/mol. The highest BCUT2D eigenvalue weighted by molar-refractivity contribution is 6.35. The van der Waals surface area contributed by atoms with Gasteiger partial charge in [-0.1, -0.05) is 29.3 Å². The van der Waals surface area contributed by atoms with Crippen molar-refractivity contribution in [3.63, 3.8) is 0 Å². The molecule has 1 aromatic carbocycles. The largest absolute Gasteiger partial charge is 0.392 e. The fourth-order valence-corrected chi connectivity index (χ4v) is 3.10. The van der Waals surface area contributed by atoms with E-state index >= 15 is 0 Å². The van der Waals surface area contributed by atoms with Crippen LogP contribution in [0.3, 0.4) is 0 Å². The van der Waals surface area contributed by atoms with Crippen LogP contribution in [0, 0.1) is 5.92 Å². The lowest BCUT2D eigenvalue weighted by atomic mass is 10.1. The predicted octanol–water partition coefficient (Wildman–Crippen LogP) is 3.20. The normalized spacial score (nSPS) is 21.9. The molecule has 0 spiro atoms. The molecule has 1 aliphatic rings. The number of nitrogens with one attached hydrogen (secondary N) is 1. The highest BCUT2D eigenvalue weighted by Crippen LogP contribution is 2.25. The lowest BCUT2D eigenvalue weighted by Gasteiger charge is -2.14. The van der Waals surface area contributed by atoms with Gasteiger partial charge in [0, 0.05) is 16.6 Å². The fraction of sp³-hybridized carbons (Fsp3) is 0.533. The van der Waals surface area contributed by atoms with Crippen LogP contribution in [0.5, 0.6) is 0 Å². The number of halogens is 2. The van der Waals surface area contributed by atoms with E-state index in [1.165, 1.54) is 0 Å². The lowest BCUT2D eigenvalue weighted by molar-refractivity contribution is -0.127. The monoisotopic (exact) mass is 315 g/mol. The molecule has 5 heteroatoms. The van der Waals surface area contributed by atoms with E-state index < -0.39 is 6.10 Å². The van der Waals surface area contributed by atoms with Crippen LogP contribution >= 0.6 is 23.2 Å². The summed E-state index contributed by atoms with van der Waals surface area (Å²) >= 11 is 11.9. The second-order valence-electron chi connectivity index (χ2n) is 5.24. The molecule has 1 saturated carbocycles. The Kier molecular flexibility index (Phi) is 5.70. The highest BCUT2D eigenvalue weighted by Gasteiger charge is 2.30.